The van der Waals surface area contributed by atoms with Crippen molar-refractivity contribution in [1.82, 2.24) is 0 Å². The van der Waals surface area contributed by atoms with E-state index in [1.807, 2.05) is 39.8 Å². The highest BCUT2D eigenvalue weighted by molar-refractivity contribution is 5.86. The molecular formula is C14H20O2. The first-order chi connectivity index (χ1) is 7.47. The smallest absolute Gasteiger partial charge is 0.140 e. The molecule has 0 bridgehead atoms. The predicted octanol–water partition coefficient (Wildman–Crippen LogP) is 3.42. The van der Waals surface area contributed by atoms with Gasteiger partial charge in [0.05, 0.1) is 0 Å². The average Bonchev–Trinajstić information content (AvgIpc) is 2.22. The lowest BCUT2D eigenvalue weighted by atomic mass is 9.83. The Morgan fingerprint density at radius 2 is 2.00 bits per heavy atom. The van der Waals surface area contributed by atoms with E-state index in [1.165, 1.54) is 0 Å². The Morgan fingerprint density at radius 1 is 1.38 bits per heavy atom. The number of phenols is 1. The molecule has 0 aromatic heterocycles. The summed E-state index contributed by atoms with van der Waals surface area (Å²) in [6.07, 6.45) is 0.510. The van der Waals surface area contributed by atoms with Gasteiger partial charge in [-0.15, -0.1) is 0 Å². The van der Waals surface area contributed by atoms with Crippen LogP contribution in [0, 0.1) is 12.8 Å². The molecule has 1 atom stereocenters. The van der Waals surface area contributed by atoms with Crippen molar-refractivity contribution in [3.63, 3.8) is 0 Å². The summed E-state index contributed by atoms with van der Waals surface area (Å²) in [7, 11) is 0. The summed E-state index contributed by atoms with van der Waals surface area (Å²) in [5.41, 5.74) is 1.84. The molecule has 0 aliphatic rings. The molecule has 1 rings (SSSR count). The topological polar surface area (TPSA) is 37.3 Å². The second-order valence-corrected chi connectivity index (χ2v) is 4.60. The molecular weight excluding hydrogens is 200 g/mol. The molecule has 88 valence electrons. The fraction of sp³-hybridized carbons (Fsp3) is 0.500. The lowest BCUT2D eigenvalue weighted by molar-refractivity contribution is -0.121. The predicted molar refractivity (Wildman–Crippen MR) is 65.7 cm³/mol. The third kappa shape index (κ3) is 2.63. The van der Waals surface area contributed by atoms with Gasteiger partial charge in [0.25, 0.3) is 0 Å². The van der Waals surface area contributed by atoms with Gasteiger partial charge < -0.3 is 5.11 Å². The zero-order valence-corrected chi connectivity index (χ0v) is 10.4. The van der Waals surface area contributed by atoms with Gasteiger partial charge in [0.2, 0.25) is 0 Å². The first-order valence-electron chi connectivity index (χ1n) is 5.79. The third-order valence-electron chi connectivity index (χ3n) is 2.88. The summed E-state index contributed by atoms with van der Waals surface area (Å²) in [4.78, 5) is 11.9. The van der Waals surface area contributed by atoms with Gasteiger partial charge in [0.1, 0.15) is 11.5 Å². The van der Waals surface area contributed by atoms with Crippen LogP contribution in [0.4, 0.5) is 0 Å². The SMILES string of the molecule is CCC(=O)C(c1cc(C)ccc1O)C(C)C. The van der Waals surface area contributed by atoms with Crippen LogP contribution in [0.5, 0.6) is 5.75 Å². The van der Waals surface area contributed by atoms with Crippen LogP contribution >= 0.6 is 0 Å². The molecule has 0 spiro atoms. The molecule has 0 heterocycles. The number of phenolic OH excluding ortho intramolecular Hbond substituents is 1. The van der Waals surface area contributed by atoms with Crippen molar-refractivity contribution in [2.24, 2.45) is 5.92 Å². The maximum Gasteiger partial charge on any atom is 0.140 e. The summed E-state index contributed by atoms with van der Waals surface area (Å²) in [6, 6.07) is 5.43. The molecule has 2 heteroatoms. The Balaban J connectivity index is 3.20. The summed E-state index contributed by atoms with van der Waals surface area (Å²) >= 11 is 0. The van der Waals surface area contributed by atoms with E-state index < -0.39 is 0 Å². The van der Waals surface area contributed by atoms with E-state index in [2.05, 4.69) is 0 Å². The van der Waals surface area contributed by atoms with E-state index in [0.717, 1.165) is 11.1 Å². The van der Waals surface area contributed by atoms with E-state index in [1.54, 1.807) is 6.07 Å². The Labute approximate surface area is 97.3 Å². The van der Waals surface area contributed by atoms with E-state index in [9.17, 15) is 9.90 Å². The van der Waals surface area contributed by atoms with Crippen molar-refractivity contribution >= 4 is 5.78 Å². The lowest BCUT2D eigenvalue weighted by Gasteiger charge is -2.21. The highest BCUT2D eigenvalue weighted by atomic mass is 16.3. The number of carbonyl (C=O) groups is 1. The van der Waals surface area contributed by atoms with E-state index in [-0.39, 0.29) is 23.4 Å². The van der Waals surface area contributed by atoms with Gasteiger partial charge in [0.15, 0.2) is 0 Å². The van der Waals surface area contributed by atoms with Crippen molar-refractivity contribution in [2.45, 2.75) is 40.0 Å². The summed E-state index contributed by atoms with van der Waals surface area (Å²) < 4.78 is 0. The molecule has 0 saturated carbocycles. The highest BCUT2D eigenvalue weighted by Gasteiger charge is 2.25. The minimum atomic E-state index is -0.190. The van der Waals surface area contributed by atoms with Gasteiger partial charge >= 0.3 is 0 Å². The van der Waals surface area contributed by atoms with Crippen LogP contribution in [0.15, 0.2) is 18.2 Å². The number of aryl methyl sites for hydroxylation is 1. The standard InChI is InChI=1S/C14H20O2/c1-5-12(15)14(9(2)3)11-8-10(4)6-7-13(11)16/h6-9,14,16H,5H2,1-4H3. The number of ketones is 1. The fourth-order valence-electron chi connectivity index (χ4n) is 2.05. The van der Waals surface area contributed by atoms with Crippen molar-refractivity contribution < 1.29 is 9.90 Å². The third-order valence-corrected chi connectivity index (χ3v) is 2.88. The van der Waals surface area contributed by atoms with Gasteiger partial charge in [-0.1, -0.05) is 38.5 Å². The van der Waals surface area contributed by atoms with Crippen molar-refractivity contribution in [2.75, 3.05) is 0 Å². The number of carbonyl (C=O) groups excluding carboxylic acids is 1. The Kier molecular flexibility index (Phi) is 4.11. The quantitative estimate of drug-likeness (QED) is 0.844. The molecule has 0 amide bonds. The normalized spacial score (nSPS) is 12.8. The van der Waals surface area contributed by atoms with Crippen LogP contribution in [0.2, 0.25) is 0 Å². The lowest BCUT2D eigenvalue weighted by Crippen LogP contribution is -2.17. The molecule has 1 unspecified atom stereocenters. The minimum absolute atomic E-state index is 0.190. The number of aromatic hydroxyl groups is 1. The first-order valence-corrected chi connectivity index (χ1v) is 5.79. The van der Waals surface area contributed by atoms with Crippen LogP contribution in [-0.4, -0.2) is 10.9 Å². The van der Waals surface area contributed by atoms with Crippen LogP contribution in [0.25, 0.3) is 0 Å². The highest BCUT2D eigenvalue weighted by Crippen LogP contribution is 2.33. The first kappa shape index (κ1) is 12.8. The van der Waals surface area contributed by atoms with Crippen LogP contribution < -0.4 is 0 Å². The van der Waals surface area contributed by atoms with Crippen molar-refractivity contribution in [3.05, 3.63) is 29.3 Å². The molecule has 1 N–H and O–H groups in total. The molecule has 0 radical (unpaired) electrons. The molecule has 1 aromatic carbocycles. The van der Waals surface area contributed by atoms with Gasteiger partial charge in [-0.05, 0) is 18.9 Å². The van der Waals surface area contributed by atoms with Gasteiger partial charge in [-0.2, -0.15) is 0 Å². The van der Waals surface area contributed by atoms with Gasteiger partial charge in [-0.25, -0.2) is 0 Å². The maximum atomic E-state index is 11.9. The molecule has 1 aromatic rings. The molecule has 0 aliphatic carbocycles. The molecule has 2 nitrogen and oxygen atoms in total. The Bertz CT molecular complexity index is 380. The van der Waals surface area contributed by atoms with E-state index in [0.29, 0.717) is 6.42 Å². The monoisotopic (exact) mass is 220 g/mol. The Hall–Kier alpha value is -1.31. The number of hydrogen-bond acceptors (Lipinski definition) is 2. The largest absolute Gasteiger partial charge is 0.508 e. The van der Waals surface area contributed by atoms with E-state index >= 15 is 0 Å². The van der Waals surface area contributed by atoms with Gasteiger partial charge in [0, 0.05) is 17.9 Å². The summed E-state index contributed by atoms with van der Waals surface area (Å²) in [5, 5.41) is 9.85. The maximum absolute atomic E-state index is 11.9. The number of hydrogen-bond donors (Lipinski definition) is 1. The molecule has 0 aliphatic heterocycles. The second-order valence-electron chi connectivity index (χ2n) is 4.60. The fourth-order valence-corrected chi connectivity index (χ4v) is 2.05. The number of Topliss-reactive ketones (excluding diaryl/α,β-unsaturated/α-hetero) is 1. The molecule has 0 saturated heterocycles. The zero-order valence-electron chi connectivity index (χ0n) is 10.4. The molecule has 16 heavy (non-hydrogen) atoms. The Morgan fingerprint density at radius 3 is 2.50 bits per heavy atom. The number of rotatable bonds is 4. The summed E-state index contributed by atoms with van der Waals surface area (Å²) in [6.45, 7) is 7.86. The summed E-state index contributed by atoms with van der Waals surface area (Å²) in [5.74, 6) is 0.437. The van der Waals surface area contributed by atoms with Crippen molar-refractivity contribution in [3.8, 4) is 5.75 Å². The number of benzene rings is 1. The van der Waals surface area contributed by atoms with Crippen LogP contribution in [0.3, 0.4) is 0 Å². The van der Waals surface area contributed by atoms with Gasteiger partial charge in [-0.3, -0.25) is 4.79 Å². The molecule has 0 fully saturated rings. The minimum Gasteiger partial charge on any atom is -0.508 e. The van der Waals surface area contributed by atoms with E-state index in [4.69, 9.17) is 0 Å². The second kappa shape index (κ2) is 5.15. The average molecular weight is 220 g/mol. The van der Waals surface area contributed by atoms with Crippen molar-refractivity contribution in [1.29, 1.82) is 0 Å². The van der Waals surface area contributed by atoms with Crippen LogP contribution in [0.1, 0.15) is 44.2 Å². The zero-order chi connectivity index (χ0) is 12.3. The van der Waals surface area contributed by atoms with Crippen LogP contribution in [-0.2, 0) is 4.79 Å².